The van der Waals surface area contributed by atoms with Crippen LogP contribution >= 0.6 is 0 Å². The number of amides is 1. The molecule has 1 aliphatic rings. The topological polar surface area (TPSA) is 136 Å². The van der Waals surface area contributed by atoms with E-state index in [0.29, 0.717) is 11.4 Å². The van der Waals surface area contributed by atoms with Gasteiger partial charge < -0.3 is 0 Å². The molecular formula is C11H14N4O5S. The van der Waals surface area contributed by atoms with Crippen molar-refractivity contribution in [2.45, 2.75) is 13.3 Å². The van der Waals surface area contributed by atoms with Crippen LogP contribution in [0.3, 0.4) is 0 Å². The maximum atomic E-state index is 12.0. The van der Waals surface area contributed by atoms with Crippen molar-refractivity contribution in [2.75, 3.05) is 17.2 Å². The van der Waals surface area contributed by atoms with E-state index in [-0.39, 0.29) is 30.3 Å². The van der Waals surface area contributed by atoms with Crippen molar-refractivity contribution in [1.29, 1.82) is 0 Å². The van der Waals surface area contributed by atoms with Crippen LogP contribution in [0.4, 0.5) is 11.5 Å². The summed E-state index contributed by atoms with van der Waals surface area (Å²) >= 11 is 0. The molecule has 2 rings (SSSR count). The van der Waals surface area contributed by atoms with Gasteiger partial charge in [-0.05, 0) is 12.5 Å². The molecule has 1 amide bonds. The van der Waals surface area contributed by atoms with E-state index in [1.807, 2.05) is 0 Å². The van der Waals surface area contributed by atoms with Gasteiger partial charge in [-0.15, -0.1) is 0 Å². The molecule has 0 radical (unpaired) electrons. The molecule has 9 nitrogen and oxygen atoms in total. The van der Waals surface area contributed by atoms with E-state index in [9.17, 15) is 23.3 Å². The number of aryl methyl sites for hydroxylation is 1. The number of aromatic nitrogens is 1. The van der Waals surface area contributed by atoms with E-state index in [1.165, 1.54) is 11.0 Å². The number of pyridine rings is 1. The van der Waals surface area contributed by atoms with E-state index < -0.39 is 20.9 Å². The summed E-state index contributed by atoms with van der Waals surface area (Å²) in [6.45, 7) is 1.79. The zero-order valence-electron chi connectivity index (χ0n) is 11.2. The number of hydrogen-bond donors (Lipinski definition) is 1. The predicted octanol–water partition coefficient (Wildman–Crippen LogP) is -0.0604. The van der Waals surface area contributed by atoms with Crippen molar-refractivity contribution in [3.63, 3.8) is 0 Å². The Labute approximate surface area is 121 Å². The number of nitrogens with two attached hydrogens (primary N) is 1. The summed E-state index contributed by atoms with van der Waals surface area (Å²) in [6, 6.07) is 1.32. The van der Waals surface area contributed by atoms with E-state index in [1.54, 1.807) is 6.92 Å². The number of hydrogen-bond acceptors (Lipinski definition) is 6. The summed E-state index contributed by atoms with van der Waals surface area (Å²) in [5.41, 5.74) is 0.317. The van der Waals surface area contributed by atoms with Crippen molar-refractivity contribution in [2.24, 2.45) is 11.1 Å². The maximum Gasteiger partial charge on any atom is 0.287 e. The van der Waals surface area contributed by atoms with Crippen LogP contribution in [-0.4, -0.2) is 36.5 Å². The lowest BCUT2D eigenvalue weighted by Crippen LogP contribution is -2.28. The molecule has 1 aromatic heterocycles. The predicted molar refractivity (Wildman–Crippen MR) is 74.1 cm³/mol. The number of carbonyl (C=O) groups is 1. The second-order valence-electron chi connectivity index (χ2n) is 5.00. The maximum absolute atomic E-state index is 12.0. The second kappa shape index (κ2) is 5.37. The number of nitro groups is 1. The molecule has 1 aliphatic heterocycles. The van der Waals surface area contributed by atoms with Crippen LogP contribution in [0.1, 0.15) is 12.0 Å². The molecule has 0 aromatic carbocycles. The molecule has 1 unspecified atom stereocenters. The summed E-state index contributed by atoms with van der Waals surface area (Å²) in [6.07, 6.45) is 1.14. The average molecular weight is 314 g/mol. The Balaban J connectivity index is 2.23. The summed E-state index contributed by atoms with van der Waals surface area (Å²) < 4.78 is 22.2. The Morgan fingerprint density at radius 3 is 2.76 bits per heavy atom. The van der Waals surface area contributed by atoms with Crippen LogP contribution in [0, 0.1) is 23.0 Å². The molecule has 0 spiro atoms. The molecule has 0 aliphatic carbocycles. The molecule has 0 bridgehead atoms. The van der Waals surface area contributed by atoms with Crippen LogP contribution in [0.2, 0.25) is 0 Å². The van der Waals surface area contributed by atoms with Gasteiger partial charge >= 0.3 is 0 Å². The number of carbonyl (C=O) groups excluding carboxylic acids is 1. The first-order valence-electron chi connectivity index (χ1n) is 6.09. The highest BCUT2D eigenvalue weighted by molar-refractivity contribution is 7.89. The largest absolute Gasteiger partial charge is 0.296 e. The second-order valence-corrected chi connectivity index (χ2v) is 6.65. The zero-order valence-corrected chi connectivity index (χ0v) is 12.0. The van der Waals surface area contributed by atoms with Crippen LogP contribution < -0.4 is 10.0 Å². The minimum absolute atomic E-state index is 0.0640. The van der Waals surface area contributed by atoms with Gasteiger partial charge in [0.15, 0.2) is 0 Å². The van der Waals surface area contributed by atoms with Gasteiger partial charge in [0, 0.05) is 24.9 Å². The lowest BCUT2D eigenvalue weighted by atomic mass is 10.1. The summed E-state index contributed by atoms with van der Waals surface area (Å²) in [7, 11) is -3.65. The van der Waals surface area contributed by atoms with Crippen molar-refractivity contribution >= 4 is 27.4 Å². The van der Waals surface area contributed by atoms with Gasteiger partial charge in [0.1, 0.15) is 12.0 Å². The molecular weight excluding hydrogens is 300 g/mol. The third-order valence-corrected chi connectivity index (χ3v) is 4.11. The molecule has 21 heavy (non-hydrogen) atoms. The van der Waals surface area contributed by atoms with Crippen LogP contribution in [0.15, 0.2) is 12.3 Å². The number of sulfonamides is 1. The van der Waals surface area contributed by atoms with Crippen molar-refractivity contribution in [3.8, 4) is 0 Å². The number of nitrogens with zero attached hydrogens (tertiary/aromatic N) is 3. The lowest BCUT2D eigenvalue weighted by Gasteiger charge is -2.17. The first-order chi connectivity index (χ1) is 9.67. The molecule has 1 saturated heterocycles. The Morgan fingerprint density at radius 2 is 2.24 bits per heavy atom. The molecule has 1 atom stereocenters. The summed E-state index contributed by atoms with van der Waals surface area (Å²) in [4.78, 5) is 27.3. The quantitative estimate of drug-likeness (QED) is 0.610. The van der Waals surface area contributed by atoms with Crippen LogP contribution in [-0.2, 0) is 14.8 Å². The highest BCUT2D eigenvalue weighted by Crippen LogP contribution is 2.28. The fourth-order valence-electron chi connectivity index (χ4n) is 2.36. The van der Waals surface area contributed by atoms with Crippen molar-refractivity contribution in [1.82, 2.24) is 4.98 Å². The molecule has 0 saturated carbocycles. The van der Waals surface area contributed by atoms with Crippen LogP contribution in [0.25, 0.3) is 0 Å². The minimum atomic E-state index is -3.65. The summed E-state index contributed by atoms with van der Waals surface area (Å²) in [5.74, 6) is -0.638. The molecule has 2 N–H and O–H groups in total. The minimum Gasteiger partial charge on any atom is -0.296 e. The highest BCUT2D eigenvalue weighted by atomic mass is 32.2. The molecule has 114 valence electrons. The highest BCUT2D eigenvalue weighted by Gasteiger charge is 2.34. The summed E-state index contributed by atoms with van der Waals surface area (Å²) in [5, 5.41) is 15.6. The smallest absolute Gasteiger partial charge is 0.287 e. The van der Waals surface area contributed by atoms with Gasteiger partial charge in [-0.1, -0.05) is 0 Å². The van der Waals surface area contributed by atoms with Crippen LogP contribution in [0.5, 0.6) is 0 Å². The number of rotatable bonds is 4. The Hall–Kier alpha value is -2.07. The molecule has 10 heteroatoms. The van der Waals surface area contributed by atoms with E-state index in [4.69, 9.17) is 5.14 Å². The first kappa shape index (κ1) is 15.3. The van der Waals surface area contributed by atoms with Gasteiger partial charge in [0.2, 0.25) is 15.9 Å². The van der Waals surface area contributed by atoms with Gasteiger partial charge in [-0.2, -0.15) is 0 Å². The molecule has 2 heterocycles. The Bertz CT molecular complexity index is 703. The van der Waals surface area contributed by atoms with E-state index >= 15 is 0 Å². The number of anilines is 1. The Morgan fingerprint density at radius 1 is 1.57 bits per heavy atom. The monoisotopic (exact) mass is 314 g/mol. The Kier molecular flexibility index (Phi) is 3.92. The first-order valence-corrected chi connectivity index (χ1v) is 7.81. The normalized spacial score (nSPS) is 19.0. The third kappa shape index (κ3) is 3.52. The number of primary sulfonamides is 1. The zero-order chi connectivity index (χ0) is 15.8. The van der Waals surface area contributed by atoms with E-state index in [2.05, 4.69) is 4.98 Å². The van der Waals surface area contributed by atoms with Crippen molar-refractivity contribution in [3.05, 3.63) is 27.9 Å². The fourth-order valence-corrected chi connectivity index (χ4v) is 3.24. The average Bonchev–Trinajstić information content (AvgIpc) is 2.67. The van der Waals surface area contributed by atoms with Gasteiger partial charge in [-0.25, -0.2) is 18.5 Å². The fraction of sp³-hybridized carbons (Fsp3) is 0.455. The molecule has 1 fully saturated rings. The third-order valence-electron chi connectivity index (χ3n) is 3.18. The standard InChI is InChI=1S/C11H14N4O5S/c1-7-2-9(15(17)18)4-13-11(7)14-5-8(3-10(14)16)6-21(12,19)20/h2,4,8H,3,5-6H2,1H3,(H2,12,19,20). The lowest BCUT2D eigenvalue weighted by molar-refractivity contribution is -0.385. The van der Waals surface area contributed by atoms with Crippen molar-refractivity contribution < 1.29 is 18.1 Å². The molecule has 1 aromatic rings. The van der Waals surface area contributed by atoms with Gasteiger partial charge in [0.25, 0.3) is 5.69 Å². The van der Waals surface area contributed by atoms with Gasteiger partial charge in [0.05, 0.1) is 10.7 Å². The van der Waals surface area contributed by atoms with E-state index in [0.717, 1.165) is 6.20 Å². The van der Waals surface area contributed by atoms with Gasteiger partial charge in [-0.3, -0.25) is 19.8 Å². The SMILES string of the molecule is Cc1cc([N+](=O)[O-])cnc1N1CC(CS(N)(=O)=O)CC1=O.